The summed E-state index contributed by atoms with van der Waals surface area (Å²) in [7, 11) is 3.53. The van der Waals surface area contributed by atoms with Gasteiger partial charge in [-0.15, -0.1) is 21.5 Å². The van der Waals surface area contributed by atoms with E-state index in [2.05, 4.69) is 20.5 Å². The number of hydrogen-bond acceptors (Lipinski definition) is 7. The average molecular weight is 520 g/mol. The van der Waals surface area contributed by atoms with Crippen molar-refractivity contribution in [2.24, 2.45) is 7.05 Å². The van der Waals surface area contributed by atoms with Crippen LogP contribution in [0.3, 0.4) is 0 Å². The maximum Gasteiger partial charge on any atom is 0.236 e. The van der Waals surface area contributed by atoms with E-state index >= 15 is 0 Å². The SMILES string of the molecule is COc1ccc(Cc2nnc(SCC(=O)Nc3nc(-c4ccc(Cl)cc4Cl)cs3)n2C)cc1. The van der Waals surface area contributed by atoms with Crippen molar-refractivity contribution in [1.82, 2.24) is 19.7 Å². The van der Waals surface area contributed by atoms with E-state index < -0.39 is 0 Å². The summed E-state index contributed by atoms with van der Waals surface area (Å²) in [6.07, 6.45) is 0.634. The van der Waals surface area contributed by atoms with Crippen LogP contribution in [0, 0.1) is 0 Å². The van der Waals surface area contributed by atoms with Crippen LogP contribution in [0.5, 0.6) is 5.75 Å². The van der Waals surface area contributed by atoms with Gasteiger partial charge >= 0.3 is 0 Å². The number of carbonyl (C=O) groups is 1. The molecule has 4 aromatic rings. The summed E-state index contributed by atoms with van der Waals surface area (Å²) in [6, 6.07) is 13.0. The van der Waals surface area contributed by atoms with E-state index in [0.29, 0.717) is 32.4 Å². The lowest BCUT2D eigenvalue weighted by atomic mass is 10.1. The standard InChI is InChI=1S/C22H19Cl2N5O2S2/c1-29-19(9-13-3-6-15(31-2)7-4-13)27-28-22(29)33-12-20(30)26-21-25-18(11-32-21)16-8-5-14(23)10-17(16)24/h3-8,10-11H,9,12H2,1-2H3,(H,25,26,30). The minimum absolute atomic E-state index is 0.178. The molecule has 0 bridgehead atoms. The van der Waals surface area contributed by atoms with Gasteiger partial charge in [0.05, 0.1) is 23.6 Å². The third-order valence-electron chi connectivity index (χ3n) is 4.74. The van der Waals surface area contributed by atoms with Crippen LogP contribution in [0.4, 0.5) is 5.13 Å². The summed E-state index contributed by atoms with van der Waals surface area (Å²) < 4.78 is 7.08. The molecule has 2 aromatic heterocycles. The number of thiazole rings is 1. The van der Waals surface area contributed by atoms with Crippen LogP contribution in [0.2, 0.25) is 10.0 Å². The highest BCUT2D eigenvalue weighted by atomic mass is 35.5. The van der Waals surface area contributed by atoms with Crippen LogP contribution < -0.4 is 10.1 Å². The maximum atomic E-state index is 12.4. The smallest absolute Gasteiger partial charge is 0.236 e. The molecule has 11 heteroatoms. The molecule has 33 heavy (non-hydrogen) atoms. The lowest BCUT2D eigenvalue weighted by Crippen LogP contribution is -2.14. The highest BCUT2D eigenvalue weighted by molar-refractivity contribution is 7.99. The predicted molar refractivity (Wildman–Crippen MR) is 134 cm³/mol. The molecule has 0 atom stereocenters. The quantitative estimate of drug-likeness (QED) is 0.306. The Morgan fingerprint density at radius 3 is 2.70 bits per heavy atom. The number of rotatable bonds is 8. The molecule has 0 aliphatic rings. The molecule has 0 saturated carbocycles. The number of methoxy groups -OCH3 is 1. The van der Waals surface area contributed by atoms with Gasteiger partial charge in [-0.1, -0.05) is 47.1 Å². The molecule has 7 nitrogen and oxygen atoms in total. The summed E-state index contributed by atoms with van der Waals surface area (Å²) in [4.78, 5) is 16.9. The minimum Gasteiger partial charge on any atom is -0.497 e. The number of carbonyl (C=O) groups excluding carboxylic acids is 1. The number of amides is 1. The van der Waals surface area contributed by atoms with E-state index in [1.165, 1.54) is 23.1 Å². The number of thioether (sulfide) groups is 1. The third kappa shape index (κ3) is 5.86. The Labute approximate surface area is 209 Å². The van der Waals surface area contributed by atoms with Gasteiger partial charge in [0, 0.05) is 29.4 Å². The zero-order valence-corrected chi connectivity index (χ0v) is 20.9. The Morgan fingerprint density at radius 1 is 1.18 bits per heavy atom. The summed E-state index contributed by atoms with van der Waals surface area (Å²) in [5, 5.41) is 15.4. The second-order valence-corrected chi connectivity index (χ2v) is 9.63. The van der Waals surface area contributed by atoms with E-state index in [1.807, 2.05) is 41.3 Å². The van der Waals surface area contributed by atoms with Crippen molar-refractivity contribution >= 4 is 57.3 Å². The number of ether oxygens (including phenoxy) is 1. The molecule has 0 aliphatic carbocycles. The number of hydrogen-bond donors (Lipinski definition) is 1. The molecule has 1 N–H and O–H groups in total. The minimum atomic E-state index is -0.178. The molecule has 0 saturated heterocycles. The van der Waals surface area contributed by atoms with Crippen molar-refractivity contribution in [3.63, 3.8) is 0 Å². The van der Waals surface area contributed by atoms with Gasteiger partial charge in [-0.3, -0.25) is 4.79 Å². The number of nitrogens with one attached hydrogen (secondary N) is 1. The Morgan fingerprint density at radius 2 is 1.97 bits per heavy atom. The number of nitrogens with zero attached hydrogens (tertiary/aromatic N) is 4. The topological polar surface area (TPSA) is 81.9 Å². The molecule has 0 unspecified atom stereocenters. The van der Waals surface area contributed by atoms with Crippen molar-refractivity contribution in [3.8, 4) is 17.0 Å². The first-order valence-corrected chi connectivity index (χ1v) is 12.4. The van der Waals surface area contributed by atoms with E-state index in [-0.39, 0.29) is 11.7 Å². The largest absolute Gasteiger partial charge is 0.497 e. The van der Waals surface area contributed by atoms with Crippen molar-refractivity contribution in [3.05, 3.63) is 69.3 Å². The fourth-order valence-electron chi connectivity index (χ4n) is 2.99. The van der Waals surface area contributed by atoms with Gasteiger partial charge in [0.25, 0.3) is 0 Å². The molecule has 170 valence electrons. The van der Waals surface area contributed by atoms with Gasteiger partial charge in [-0.25, -0.2) is 4.98 Å². The van der Waals surface area contributed by atoms with Crippen LogP contribution >= 0.6 is 46.3 Å². The first-order chi connectivity index (χ1) is 15.9. The lowest BCUT2D eigenvalue weighted by Gasteiger charge is -2.05. The van der Waals surface area contributed by atoms with Gasteiger partial charge in [0.15, 0.2) is 10.3 Å². The molecule has 0 radical (unpaired) electrons. The van der Waals surface area contributed by atoms with Crippen LogP contribution in [0.15, 0.2) is 53.0 Å². The monoisotopic (exact) mass is 519 g/mol. The zero-order valence-electron chi connectivity index (χ0n) is 17.7. The number of anilines is 1. The Hall–Kier alpha value is -2.59. The van der Waals surface area contributed by atoms with Gasteiger partial charge in [0.2, 0.25) is 5.91 Å². The summed E-state index contributed by atoms with van der Waals surface area (Å²) in [5.41, 5.74) is 2.54. The first-order valence-electron chi connectivity index (χ1n) is 9.77. The molecular weight excluding hydrogens is 501 g/mol. The molecule has 0 aliphatic heterocycles. The summed E-state index contributed by atoms with van der Waals surface area (Å²) in [6.45, 7) is 0. The van der Waals surface area contributed by atoms with Crippen molar-refractivity contribution in [2.75, 3.05) is 18.2 Å². The average Bonchev–Trinajstić information content (AvgIpc) is 3.39. The number of aromatic nitrogens is 4. The highest BCUT2D eigenvalue weighted by Gasteiger charge is 2.14. The molecule has 2 heterocycles. The molecule has 0 spiro atoms. The van der Waals surface area contributed by atoms with E-state index in [0.717, 1.165) is 22.7 Å². The second-order valence-electron chi connectivity index (χ2n) is 6.98. The Bertz CT molecular complexity index is 1270. The molecule has 2 aromatic carbocycles. The van der Waals surface area contributed by atoms with Crippen LogP contribution in [0.25, 0.3) is 11.3 Å². The van der Waals surface area contributed by atoms with Gasteiger partial charge < -0.3 is 14.6 Å². The van der Waals surface area contributed by atoms with Crippen LogP contribution in [0.1, 0.15) is 11.4 Å². The number of halogens is 2. The fraction of sp³-hybridized carbons (Fsp3) is 0.182. The Balaban J connectivity index is 1.33. The molecular formula is C22H19Cl2N5O2S2. The van der Waals surface area contributed by atoms with Crippen LogP contribution in [-0.2, 0) is 18.3 Å². The van der Waals surface area contributed by atoms with Crippen LogP contribution in [-0.4, -0.2) is 38.5 Å². The normalized spacial score (nSPS) is 10.9. The fourth-order valence-corrected chi connectivity index (χ4v) is 4.95. The summed E-state index contributed by atoms with van der Waals surface area (Å²) in [5.74, 6) is 1.63. The zero-order chi connectivity index (χ0) is 23.4. The highest BCUT2D eigenvalue weighted by Crippen LogP contribution is 2.32. The van der Waals surface area contributed by atoms with Gasteiger partial charge in [0.1, 0.15) is 11.6 Å². The van der Waals surface area contributed by atoms with E-state index in [4.69, 9.17) is 27.9 Å². The van der Waals surface area contributed by atoms with E-state index in [1.54, 1.807) is 25.3 Å². The van der Waals surface area contributed by atoms with Crippen molar-refractivity contribution in [2.45, 2.75) is 11.6 Å². The maximum absolute atomic E-state index is 12.4. The van der Waals surface area contributed by atoms with E-state index in [9.17, 15) is 4.79 Å². The Kier molecular flexibility index (Phi) is 7.54. The number of benzene rings is 2. The van der Waals surface area contributed by atoms with Crippen molar-refractivity contribution in [1.29, 1.82) is 0 Å². The van der Waals surface area contributed by atoms with Crippen molar-refractivity contribution < 1.29 is 9.53 Å². The first kappa shape index (κ1) is 23.6. The molecule has 1 amide bonds. The predicted octanol–water partition coefficient (Wildman–Crippen LogP) is 5.58. The third-order valence-corrected chi connectivity index (χ3v) is 7.06. The lowest BCUT2D eigenvalue weighted by molar-refractivity contribution is -0.113. The van der Waals surface area contributed by atoms with Gasteiger partial charge in [-0.05, 0) is 35.9 Å². The van der Waals surface area contributed by atoms with Gasteiger partial charge in [-0.2, -0.15) is 0 Å². The summed E-state index contributed by atoms with van der Waals surface area (Å²) >= 11 is 14.8. The molecule has 4 rings (SSSR count). The molecule has 0 fully saturated rings. The second kappa shape index (κ2) is 10.6.